The zero-order valence-electron chi connectivity index (χ0n) is 13.9. The SMILES string of the molecule is CCCCS(=O)(=O)NC1CCN(C(=O)c2cccc(C#N)c2)CC1. The molecule has 24 heavy (non-hydrogen) atoms. The summed E-state index contributed by atoms with van der Waals surface area (Å²) in [6, 6.07) is 8.56. The maximum absolute atomic E-state index is 12.5. The number of carbonyl (C=O) groups is 1. The van der Waals surface area contributed by atoms with Crippen LogP contribution in [0.15, 0.2) is 24.3 Å². The monoisotopic (exact) mass is 349 g/mol. The van der Waals surface area contributed by atoms with E-state index in [-0.39, 0.29) is 17.7 Å². The predicted octanol–water partition coefficient (Wildman–Crippen LogP) is 1.88. The van der Waals surface area contributed by atoms with Gasteiger partial charge < -0.3 is 4.90 Å². The molecule has 0 aromatic heterocycles. The van der Waals surface area contributed by atoms with Crippen molar-refractivity contribution < 1.29 is 13.2 Å². The molecule has 1 saturated heterocycles. The van der Waals surface area contributed by atoms with Gasteiger partial charge in [-0.15, -0.1) is 0 Å². The van der Waals surface area contributed by atoms with Gasteiger partial charge in [-0.1, -0.05) is 19.4 Å². The van der Waals surface area contributed by atoms with Gasteiger partial charge >= 0.3 is 0 Å². The van der Waals surface area contributed by atoms with E-state index in [1.807, 2.05) is 13.0 Å². The van der Waals surface area contributed by atoms with Crippen molar-refractivity contribution in [2.75, 3.05) is 18.8 Å². The smallest absolute Gasteiger partial charge is 0.253 e. The topological polar surface area (TPSA) is 90.3 Å². The summed E-state index contributed by atoms with van der Waals surface area (Å²) in [4.78, 5) is 14.2. The zero-order chi connectivity index (χ0) is 17.6. The molecule has 0 bridgehead atoms. The third kappa shape index (κ3) is 5.05. The summed E-state index contributed by atoms with van der Waals surface area (Å²) in [6.07, 6.45) is 2.71. The molecule has 1 aromatic carbocycles. The Morgan fingerprint density at radius 2 is 2.08 bits per heavy atom. The van der Waals surface area contributed by atoms with Crippen molar-refractivity contribution in [1.82, 2.24) is 9.62 Å². The van der Waals surface area contributed by atoms with Crippen LogP contribution in [0.5, 0.6) is 0 Å². The van der Waals surface area contributed by atoms with E-state index in [0.29, 0.717) is 43.5 Å². The number of hydrogen-bond donors (Lipinski definition) is 1. The average molecular weight is 349 g/mol. The number of nitrogens with one attached hydrogen (secondary N) is 1. The molecule has 0 saturated carbocycles. The molecule has 1 heterocycles. The minimum atomic E-state index is -3.23. The fourth-order valence-corrected chi connectivity index (χ4v) is 4.28. The molecule has 6 nitrogen and oxygen atoms in total. The van der Waals surface area contributed by atoms with Crippen molar-refractivity contribution in [3.05, 3.63) is 35.4 Å². The number of piperidine rings is 1. The van der Waals surface area contributed by atoms with Crippen LogP contribution in [0.25, 0.3) is 0 Å². The third-order valence-corrected chi connectivity index (χ3v) is 5.65. The number of amides is 1. The van der Waals surface area contributed by atoms with E-state index in [4.69, 9.17) is 5.26 Å². The summed E-state index contributed by atoms with van der Waals surface area (Å²) in [7, 11) is -3.23. The lowest BCUT2D eigenvalue weighted by atomic mass is 10.0. The minimum Gasteiger partial charge on any atom is -0.339 e. The number of unbranched alkanes of at least 4 members (excludes halogenated alkanes) is 1. The summed E-state index contributed by atoms with van der Waals surface area (Å²) in [6.45, 7) is 2.98. The molecular weight excluding hydrogens is 326 g/mol. The van der Waals surface area contributed by atoms with E-state index in [9.17, 15) is 13.2 Å². The Hall–Kier alpha value is -1.91. The van der Waals surface area contributed by atoms with Crippen molar-refractivity contribution in [3.8, 4) is 6.07 Å². The van der Waals surface area contributed by atoms with Gasteiger partial charge in [0.05, 0.1) is 17.4 Å². The van der Waals surface area contributed by atoms with Gasteiger partial charge in [0.15, 0.2) is 0 Å². The van der Waals surface area contributed by atoms with Crippen LogP contribution in [0, 0.1) is 11.3 Å². The lowest BCUT2D eigenvalue weighted by Crippen LogP contribution is -2.47. The molecule has 1 fully saturated rings. The Morgan fingerprint density at radius 3 is 2.71 bits per heavy atom. The fourth-order valence-electron chi connectivity index (χ4n) is 2.75. The van der Waals surface area contributed by atoms with Crippen LogP contribution >= 0.6 is 0 Å². The van der Waals surface area contributed by atoms with Gasteiger partial charge in [0.1, 0.15) is 0 Å². The van der Waals surface area contributed by atoms with E-state index < -0.39 is 10.0 Å². The predicted molar refractivity (Wildman–Crippen MR) is 91.9 cm³/mol. The second kappa shape index (κ2) is 8.27. The first kappa shape index (κ1) is 18.4. The molecule has 2 rings (SSSR count). The van der Waals surface area contributed by atoms with Crippen LogP contribution < -0.4 is 4.72 Å². The van der Waals surface area contributed by atoms with Crippen molar-refractivity contribution in [1.29, 1.82) is 5.26 Å². The third-order valence-electron chi connectivity index (χ3n) is 4.13. The quantitative estimate of drug-likeness (QED) is 0.849. The number of sulfonamides is 1. The van der Waals surface area contributed by atoms with Crippen molar-refractivity contribution in [2.24, 2.45) is 0 Å². The lowest BCUT2D eigenvalue weighted by Gasteiger charge is -2.32. The molecule has 0 aliphatic carbocycles. The van der Waals surface area contributed by atoms with E-state index in [1.165, 1.54) is 0 Å². The fraction of sp³-hybridized carbons (Fsp3) is 0.529. The van der Waals surface area contributed by atoms with Gasteiger partial charge in [-0.05, 0) is 37.5 Å². The second-order valence-electron chi connectivity index (χ2n) is 6.05. The van der Waals surface area contributed by atoms with E-state index in [0.717, 1.165) is 6.42 Å². The maximum atomic E-state index is 12.5. The molecule has 1 N–H and O–H groups in total. The van der Waals surface area contributed by atoms with Gasteiger partial charge in [0.25, 0.3) is 5.91 Å². The van der Waals surface area contributed by atoms with E-state index >= 15 is 0 Å². The summed E-state index contributed by atoms with van der Waals surface area (Å²) in [5.41, 5.74) is 0.954. The lowest BCUT2D eigenvalue weighted by molar-refractivity contribution is 0.0711. The number of benzene rings is 1. The zero-order valence-corrected chi connectivity index (χ0v) is 14.7. The summed E-state index contributed by atoms with van der Waals surface area (Å²) >= 11 is 0. The Balaban J connectivity index is 1.90. The molecule has 130 valence electrons. The van der Waals surface area contributed by atoms with Gasteiger partial charge in [-0.25, -0.2) is 13.1 Å². The van der Waals surface area contributed by atoms with E-state index in [2.05, 4.69) is 4.72 Å². The summed E-state index contributed by atoms with van der Waals surface area (Å²) < 4.78 is 26.6. The highest BCUT2D eigenvalue weighted by Gasteiger charge is 2.26. The van der Waals surface area contributed by atoms with Gasteiger partial charge in [0, 0.05) is 24.7 Å². The molecular formula is C17H23N3O3S. The maximum Gasteiger partial charge on any atom is 0.253 e. The minimum absolute atomic E-state index is 0.110. The Labute approximate surface area is 143 Å². The van der Waals surface area contributed by atoms with Crippen LogP contribution in [0.3, 0.4) is 0 Å². The van der Waals surface area contributed by atoms with Gasteiger partial charge in [-0.3, -0.25) is 4.79 Å². The van der Waals surface area contributed by atoms with Crippen LogP contribution in [0.2, 0.25) is 0 Å². The molecule has 1 aliphatic heterocycles. The van der Waals surface area contributed by atoms with Crippen LogP contribution in [0.1, 0.15) is 48.5 Å². The van der Waals surface area contributed by atoms with Crippen molar-refractivity contribution in [3.63, 3.8) is 0 Å². The number of likely N-dealkylation sites (tertiary alicyclic amines) is 1. The molecule has 0 unspecified atom stereocenters. The molecule has 0 radical (unpaired) electrons. The van der Waals surface area contributed by atoms with Crippen LogP contribution in [-0.4, -0.2) is 44.1 Å². The summed E-state index contributed by atoms with van der Waals surface area (Å²) in [5.74, 6) is 0.0447. The highest BCUT2D eigenvalue weighted by molar-refractivity contribution is 7.89. The van der Waals surface area contributed by atoms with Crippen molar-refractivity contribution >= 4 is 15.9 Å². The Kier molecular flexibility index (Phi) is 6.35. The average Bonchev–Trinajstić information content (AvgIpc) is 2.60. The second-order valence-corrected chi connectivity index (χ2v) is 7.92. The normalized spacial score (nSPS) is 15.9. The number of rotatable bonds is 6. The molecule has 7 heteroatoms. The first-order valence-electron chi connectivity index (χ1n) is 8.24. The van der Waals surface area contributed by atoms with E-state index in [1.54, 1.807) is 29.2 Å². The largest absolute Gasteiger partial charge is 0.339 e. The van der Waals surface area contributed by atoms with Gasteiger partial charge in [0.2, 0.25) is 10.0 Å². The highest BCUT2D eigenvalue weighted by Crippen LogP contribution is 2.16. The number of nitrogens with zero attached hydrogens (tertiary/aromatic N) is 2. The molecule has 0 atom stereocenters. The van der Waals surface area contributed by atoms with Crippen LogP contribution in [0.4, 0.5) is 0 Å². The standard InChI is InChI=1S/C17H23N3O3S/c1-2-3-11-24(22,23)19-16-7-9-20(10-8-16)17(21)15-6-4-5-14(12-15)13-18/h4-6,12,16,19H,2-3,7-11H2,1H3. The number of carbonyl (C=O) groups excluding carboxylic acids is 1. The molecule has 1 aromatic rings. The highest BCUT2D eigenvalue weighted by atomic mass is 32.2. The number of nitriles is 1. The van der Waals surface area contributed by atoms with Crippen molar-refractivity contribution in [2.45, 2.75) is 38.6 Å². The first-order chi connectivity index (χ1) is 11.4. The first-order valence-corrected chi connectivity index (χ1v) is 9.90. The summed E-state index contributed by atoms with van der Waals surface area (Å²) in [5, 5.41) is 8.92. The molecule has 1 amide bonds. The van der Waals surface area contributed by atoms with Gasteiger partial charge in [-0.2, -0.15) is 5.26 Å². The Bertz CT molecular complexity index is 717. The number of hydrogen-bond acceptors (Lipinski definition) is 4. The van der Waals surface area contributed by atoms with Crippen LogP contribution in [-0.2, 0) is 10.0 Å². The molecule has 0 spiro atoms. The molecule has 1 aliphatic rings. The Morgan fingerprint density at radius 1 is 1.38 bits per heavy atom.